The number of benzene rings is 2. The first-order valence-electron chi connectivity index (χ1n) is 6.20. The first-order valence-corrected chi connectivity index (χ1v) is 6.20. The van der Waals surface area contributed by atoms with Gasteiger partial charge in [0, 0.05) is 6.07 Å². The van der Waals surface area contributed by atoms with Crippen molar-refractivity contribution in [3.8, 4) is 5.75 Å². The van der Waals surface area contributed by atoms with Crippen LogP contribution in [0, 0.1) is 0 Å². The normalized spacial score (nSPS) is 11.4. The Kier molecular flexibility index (Phi) is 2.15. The van der Waals surface area contributed by atoms with E-state index < -0.39 is 0 Å². The van der Waals surface area contributed by atoms with Crippen LogP contribution in [0.1, 0.15) is 0 Å². The number of hydrogen-bond donors (Lipinski definition) is 0. The number of methoxy groups -OCH3 is 1. The fourth-order valence-corrected chi connectivity index (χ4v) is 2.41. The highest BCUT2D eigenvalue weighted by molar-refractivity contribution is 6.03. The van der Waals surface area contributed by atoms with Crippen LogP contribution in [-0.4, -0.2) is 7.11 Å². The fourth-order valence-electron chi connectivity index (χ4n) is 2.41. The summed E-state index contributed by atoms with van der Waals surface area (Å²) in [5, 5.41) is 1.28. The summed E-state index contributed by atoms with van der Waals surface area (Å²) < 4.78 is 16.6. The SMILES string of the molecule is COc1ccc2c(=O)c3oc4ccccc4c3oc2c1. The van der Waals surface area contributed by atoms with Gasteiger partial charge >= 0.3 is 0 Å². The third kappa shape index (κ3) is 1.39. The third-order valence-corrected chi connectivity index (χ3v) is 3.40. The van der Waals surface area contributed by atoms with Crippen LogP contribution in [0.2, 0.25) is 0 Å². The lowest BCUT2D eigenvalue weighted by molar-refractivity contribution is 0.414. The van der Waals surface area contributed by atoms with Gasteiger partial charge in [-0.1, -0.05) is 12.1 Å². The summed E-state index contributed by atoms with van der Waals surface area (Å²) in [4.78, 5) is 12.5. The molecule has 0 spiro atoms. The van der Waals surface area contributed by atoms with Gasteiger partial charge in [-0.3, -0.25) is 4.79 Å². The highest BCUT2D eigenvalue weighted by Gasteiger charge is 2.15. The average Bonchev–Trinajstić information content (AvgIpc) is 2.86. The molecule has 0 atom stereocenters. The second kappa shape index (κ2) is 3.87. The smallest absolute Gasteiger partial charge is 0.235 e. The van der Waals surface area contributed by atoms with Crippen LogP contribution >= 0.6 is 0 Å². The van der Waals surface area contributed by atoms with Gasteiger partial charge in [0.15, 0.2) is 5.58 Å². The van der Waals surface area contributed by atoms with Gasteiger partial charge in [-0.15, -0.1) is 0 Å². The van der Waals surface area contributed by atoms with Crippen molar-refractivity contribution in [2.45, 2.75) is 0 Å². The zero-order valence-electron chi connectivity index (χ0n) is 10.7. The molecule has 0 aliphatic rings. The molecule has 0 unspecified atom stereocenters. The van der Waals surface area contributed by atoms with E-state index in [2.05, 4.69) is 0 Å². The van der Waals surface area contributed by atoms with Crippen molar-refractivity contribution in [3.63, 3.8) is 0 Å². The number of para-hydroxylation sites is 1. The van der Waals surface area contributed by atoms with Crippen LogP contribution in [0.5, 0.6) is 5.75 Å². The number of ether oxygens (including phenoxy) is 1. The third-order valence-electron chi connectivity index (χ3n) is 3.40. The van der Waals surface area contributed by atoms with Crippen LogP contribution in [0.25, 0.3) is 33.1 Å². The molecule has 0 aliphatic heterocycles. The molecular weight excluding hydrogens is 256 g/mol. The van der Waals surface area contributed by atoms with E-state index in [1.807, 2.05) is 24.3 Å². The first kappa shape index (κ1) is 11.1. The van der Waals surface area contributed by atoms with Gasteiger partial charge < -0.3 is 13.6 Å². The zero-order valence-corrected chi connectivity index (χ0v) is 10.7. The van der Waals surface area contributed by atoms with Crippen LogP contribution in [0.15, 0.2) is 56.1 Å². The number of hydrogen-bond acceptors (Lipinski definition) is 4. The average molecular weight is 266 g/mol. The summed E-state index contributed by atoms with van der Waals surface area (Å²) in [5.74, 6) is 0.646. The molecule has 98 valence electrons. The molecule has 20 heavy (non-hydrogen) atoms. The lowest BCUT2D eigenvalue weighted by Crippen LogP contribution is -2.00. The summed E-state index contributed by atoms with van der Waals surface area (Å²) in [5.41, 5.74) is 1.70. The molecule has 0 radical (unpaired) electrons. The van der Waals surface area contributed by atoms with E-state index in [0.717, 1.165) is 5.39 Å². The van der Waals surface area contributed by atoms with Gasteiger partial charge in [-0.25, -0.2) is 0 Å². The van der Waals surface area contributed by atoms with Gasteiger partial charge in [-0.05, 0) is 24.3 Å². The summed E-state index contributed by atoms with van der Waals surface area (Å²) in [6.45, 7) is 0. The molecule has 4 heteroatoms. The molecule has 2 aromatic heterocycles. The molecule has 0 amide bonds. The quantitative estimate of drug-likeness (QED) is 0.527. The molecule has 0 fully saturated rings. The Bertz CT molecular complexity index is 1010. The van der Waals surface area contributed by atoms with Crippen molar-refractivity contribution >= 4 is 33.1 Å². The maximum Gasteiger partial charge on any atom is 0.235 e. The minimum Gasteiger partial charge on any atom is -0.497 e. The highest BCUT2D eigenvalue weighted by Crippen LogP contribution is 2.30. The van der Waals surface area contributed by atoms with Crippen LogP contribution in [0.3, 0.4) is 0 Å². The minimum atomic E-state index is -0.167. The van der Waals surface area contributed by atoms with Crippen molar-refractivity contribution in [2.75, 3.05) is 7.11 Å². The Hall–Kier alpha value is -2.75. The molecule has 0 saturated carbocycles. The lowest BCUT2D eigenvalue weighted by atomic mass is 10.2. The number of rotatable bonds is 1. The zero-order chi connectivity index (χ0) is 13.7. The second-order valence-electron chi connectivity index (χ2n) is 4.55. The summed E-state index contributed by atoms with van der Waals surface area (Å²) in [6, 6.07) is 12.6. The molecule has 0 saturated heterocycles. The first-order chi connectivity index (χ1) is 9.78. The van der Waals surface area contributed by atoms with E-state index in [1.165, 1.54) is 0 Å². The predicted octanol–water partition coefficient (Wildman–Crippen LogP) is 3.70. The van der Waals surface area contributed by atoms with Gasteiger partial charge in [0.2, 0.25) is 11.0 Å². The Morgan fingerprint density at radius 1 is 0.900 bits per heavy atom. The van der Waals surface area contributed by atoms with E-state index in [4.69, 9.17) is 13.6 Å². The van der Waals surface area contributed by atoms with Crippen molar-refractivity contribution < 1.29 is 13.6 Å². The molecule has 4 nitrogen and oxygen atoms in total. The van der Waals surface area contributed by atoms with Crippen molar-refractivity contribution in [1.29, 1.82) is 0 Å². The minimum absolute atomic E-state index is 0.167. The van der Waals surface area contributed by atoms with Crippen molar-refractivity contribution in [3.05, 3.63) is 52.7 Å². The number of fused-ring (bicyclic) bond motifs is 4. The van der Waals surface area contributed by atoms with Crippen LogP contribution < -0.4 is 10.2 Å². The standard InChI is InChI=1S/C16H10O4/c1-18-9-6-7-10-13(8-9)20-15-11-4-2-3-5-12(11)19-16(15)14(10)17/h2-8H,1H3. The molecule has 0 N–H and O–H groups in total. The highest BCUT2D eigenvalue weighted by atomic mass is 16.5. The summed E-state index contributed by atoms with van der Waals surface area (Å²) in [7, 11) is 1.57. The Morgan fingerprint density at radius 3 is 2.55 bits per heavy atom. The monoisotopic (exact) mass is 266 g/mol. The van der Waals surface area contributed by atoms with E-state index >= 15 is 0 Å². The van der Waals surface area contributed by atoms with E-state index in [1.54, 1.807) is 25.3 Å². The molecule has 2 heterocycles. The molecule has 0 aliphatic carbocycles. The maximum atomic E-state index is 12.5. The van der Waals surface area contributed by atoms with E-state index in [-0.39, 0.29) is 11.0 Å². The molecule has 2 aromatic carbocycles. The summed E-state index contributed by atoms with van der Waals surface area (Å²) >= 11 is 0. The summed E-state index contributed by atoms with van der Waals surface area (Å²) in [6.07, 6.45) is 0. The lowest BCUT2D eigenvalue weighted by Gasteiger charge is -2.01. The Balaban J connectivity index is 2.25. The van der Waals surface area contributed by atoms with Crippen LogP contribution in [0.4, 0.5) is 0 Å². The largest absolute Gasteiger partial charge is 0.497 e. The van der Waals surface area contributed by atoms with Gasteiger partial charge in [0.25, 0.3) is 0 Å². The molecular formula is C16H10O4. The molecule has 4 aromatic rings. The topological polar surface area (TPSA) is 52.6 Å². The van der Waals surface area contributed by atoms with Gasteiger partial charge in [0.05, 0.1) is 17.9 Å². The second-order valence-corrected chi connectivity index (χ2v) is 4.55. The van der Waals surface area contributed by atoms with Crippen molar-refractivity contribution in [2.24, 2.45) is 0 Å². The van der Waals surface area contributed by atoms with Crippen LogP contribution in [-0.2, 0) is 0 Å². The molecule has 0 bridgehead atoms. The maximum absolute atomic E-state index is 12.5. The predicted molar refractivity (Wildman–Crippen MR) is 76.3 cm³/mol. The fraction of sp³-hybridized carbons (Fsp3) is 0.0625. The Morgan fingerprint density at radius 2 is 1.70 bits per heavy atom. The number of furan rings is 1. The van der Waals surface area contributed by atoms with Crippen molar-refractivity contribution in [1.82, 2.24) is 0 Å². The Labute approximate surface area is 113 Å². The van der Waals surface area contributed by atoms with E-state index in [9.17, 15) is 4.79 Å². The molecule has 4 rings (SSSR count). The van der Waals surface area contributed by atoms with Gasteiger partial charge in [-0.2, -0.15) is 0 Å². The van der Waals surface area contributed by atoms with E-state index in [0.29, 0.717) is 27.9 Å². The van der Waals surface area contributed by atoms with Gasteiger partial charge in [0.1, 0.15) is 16.9 Å².